The van der Waals surface area contributed by atoms with Crippen LogP contribution in [0.4, 0.5) is 8.78 Å². The van der Waals surface area contributed by atoms with E-state index in [4.69, 9.17) is 4.52 Å². The van der Waals surface area contributed by atoms with Gasteiger partial charge in [0.1, 0.15) is 11.6 Å². The van der Waals surface area contributed by atoms with Gasteiger partial charge in [-0.25, -0.2) is 8.78 Å². The third-order valence-electron chi connectivity index (χ3n) is 7.06. The van der Waals surface area contributed by atoms with Crippen molar-refractivity contribution in [3.63, 3.8) is 0 Å². The van der Waals surface area contributed by atoms with Crippen LogP contribution in [-0.4, -0.2) is 66.0 Å². The predicted molar refractivity (Wildman–Crippen MR) is 118 cm³/mol. The molecule has 178 valence electrons. The quantitative estimate of drug-likeness (QED) is 0.741. The molecule has 3 atom stereocenters. The third-order valence-corrected chi connectivity index (χ3v) is 7.06. The molecule has 1 unspecified atom stereocenters. The van der Waals surface area contributed by atoms with Gasteiger partial charge < -0.3 is 14.7 Å². The molecule has 2 heterocycles. The van der Waals surface area contributed by atoms with E-state index in [1.165, 1.54) is 18.6 Å². The number of nitrogens with zero attached hydrogens (tertiary/aromatic N) is 3. The summed E-state index contributed by atoms with van der Waals surface area (Å²) in [5.74, 6) is -2.39. The summed E-state index contributed by atoms with van der Waals surface area (Å²) >= 11 is 0. The van der Waals surface area contributed by atoms with Crippen LogP contribution in [0, 0.1) is 23.0 Å². The summed E-state index contributed by atoms with van der Waals surface area (Å²) in [7, 11) is 3.43. The van der Waals surface area contributed by atoms with E-state index in [0.717, 1.165) is 25.1 Å². The largest absolute Gasteiger partial charge is 0.355 e. The molecule has 0 spiro atoms. The molecule has 1 saturated heterocycles. The van der Waals surface area contributed by atoms with Crippen molar-refractivity contribution in [3.05, 3.63) is 41.6 Å². The number of likely N-dealkylation sites (tertiary alicyclic amines) is 1. The zero-order chi connectivity index (χ0) is 23.9. The molecule has 4 rings (SSSR count). The van der Waals surface area contributed by atoms with Gasteiger partial charge in [-0.2, -0.15) is 0 Å². The van der Waals surface area contributed by atoms with Crippen molar-refractivity contribution in [2.75, 3.05) is 27.2 Å². The molecule has 2 aromatic rings. The van der Waals surface area contributed by atoms with Crippen LogP contribution in [0.5, 0.6) is 0 Å². The van der Waals surface area contributed by atoms with Crippen LogP contribution >= 0.6 is 0 Å². The molecule has 33 heavy (non-hydrogen) atoms. The van der Waals surface area contributed by atoms with Crippen LogP contribution in [0.15, 0.2) is 28.8 Å². The van der Waals surface area contributed by atoms with Gasteiger partial charge in [-0.15, -0.1) is 0 Å². The van der Waals surface area contributed by atoms with Gasteiger partial charge in [0.05, 0.1) is 11.5 Å². The number of nitrogens with one attached hydrogen (secondary N) is 1. The maximum Gasteiger partial charge on any atom is 0.273 e. The number of piperidine rings is 1. The van der Waals surface area contributed by atoms with Crippen LogP contribution in [0.25, 0.3) is 11.3 Å². The van der Waals surface area contributed by atoms with Crippen molar-refractivity contribution in [2.24, 2.45) is 11.3 Å². The lowest BCUT2D eigenvalue weighted by Gasteiger charge is -2.53. The number of benzene rings is 1. The molecular formula is C24H30F2N4O3. The number of halogens is 2. The van der Waals surface area contributed by atoms with Crippen molar-refractivity contribution < 1.29 is 22.9 Å². The highest BCUT2D eigenvalue weighted by Gasteiger charge is 2.46. The van der Waals surface area contributed by atoms with Gasteiger partial charge in [0.2, 0.25) is 5.91 Å². The molecule has 2 aliphatic rings. The van der Waals surface area contributed by atoms with E-state index in [2.05, 4.69) is 29.2 Å². The highest BCUT2D eigenvalue weighted by Crippen LogP contribution is 2.44. The second-order valence-corrected chi connectivity index (χ2v) is 9.95. The molecular weight excluding hydrogens is 430 g/mol. The Bertz CT molecular complexity index is 1050. The van der Waals surface area contributed by atoms with Gasteiger partial charge >= 0.3 is 0 Å². The van der Waals surface area contributed by atoms with E-state index in [0.29, 0.717) is 19.0 Å². The highest BCUT2D eigenvalue weighted by atomic mass is 19.1. The molecule has 1 aliphatic carbocycles. The Morgan fingerprint density at radius 2 is 1.97 bits per heavy atom. The lowest BCUT2D eigenvalue weighted by Crippen LogP contribution is -2.61. The van der Waals surface area contributed by atoms with Crippen LogP contribution in [-0.2, 0) is 4.79 Å². The maximum absolute atomic E-state index is 14.1. The SMILES string of the molecule is CN(C)C(=O)[C@H]1CN(C2CCC2(C)C)CC[C@@H]1NC(=O)c1cc(-c2ccc(F)cc2F)on1. The molecule has 0 radical (unpaired) electrons. The monoisotopic (exact) mass is 460 g/mol. The molecule has 1 saturated carbocycles. The second-order valence-electron chi connectivity index (χ2n) is 9.95. The average molecular weight is 461 g/mol. The standard InChI is InChI=1S/C24H30F2N4O3/c1-24(2)9-7-21(24)30-10-8-18(16(13-30)23(32)29(3)4)27-22(31)19-12-20(33-28-19)15-6-5-14(25)11-17(15)26/h5-6,11-12,16,18,21H,7-10,13H2,1-4H3,(H,27,31)/t16-,18-,21?/m0/s1. The molecule has 0 bridgehead atoms. The Labute approximate surface area is 192 Å². The topological polar surface area (TPSA) is 78.7 Å². The fourth-order valence-corrected chi connectivity index (χ4v) is 4.98. The lowest BCUT2D eigenvalue weighted by atomic mass is 9.66. The third kappa shape index (κ3) is 4.64. The molecule has 7 nitrogen and oxygen atoms in total. The molecule has 1 aromatic carbocycles. The Kier molecular flexibility index (Phi) is 6.26. The number of amides is 2. The average Bonchev–Trinajstić information content (AvgIpc) is 3.23. The van der Waals surface area contributed by atoms with E-state index in [-0.39, 0.29) is 40.3 Å². The van der Waals surface area contributed by atoms with Gasteiger partial charge in [-0.3, -0.25) is 14.5 Å². The second kappa shape index (κ2) is 8.85. The van der Waals surface area contributed by atoms with Gasteiger partial charge in [0.15, 0.2) is 11.5 Å². The number of hydrogen-bond donors (Lipinski definition) is 1. The van der Waals surface area contributed by atoms with Gasteiger partial charge in [-0.05, 0) is 36.8 Å². The molecule has 9 heteroatoms. The lowest BCUT2D eigenvalue weighted by molar-refractivity contribution is -0.137. The first-order chi connectivity index (χ1) is 15.6. The first-order valence-electron chi connectivity index (χ1n) is 11.2. The summed E-state index contributed by atoms with van der Waals surface area (Å²) in [6.45, 7) is 5.88. The molecule has 1 N–H and O–H groups in total. The summed E-state index contributed by atoms with van der Waals surface area (Å²) in [4.78, 5) is 29.8. The number of rotatable bonds is 5. The number of carbonyl (C=O) groups excluding carboxylic acids is 2. The minimum absolute atomic E-state index is 0.0139. The minimum atomic E-state index is -0.805. The maximum atomic E-state index is 14.1. The van der Waals surface area contributed by atoms with E-state index in [1.807, 2.05) is 0 Å². The summed E-state index contributed by atoms with van der Waals surface area (Å²) in [6, 6.07) is 4.49. The van der Waals surface area contributed by atoms with Crippen LogP contribution in [0.1, 0.15) is 43.6 Å². The molecule has 2 fully saturated rings. The van der Waals surface area contributed by atoms with Crippen LogP contribution < -0.4 is 5.32 Å². The Morgan fingerprint density at radius 1 is 1.21 bits per heavy atom. The number of hydrogen-bond acceptors (Lipinski definition) is 5. The predicted octanol–water partition coefficient (Wildman–Crippen LogP) is 3.32. The Balaban J connectivity index is 1.48. The van der Waals surface area contributed by atoms with Crippen molar-refractivity contribution in [2.45, 2.75) is 45.2 Å². The van der Waals surface area contributed by atoms with Crippen molar-refractivity contribution in [1.82, 2.24) is 20.3 Å². The molecule has 2 amide bonds. The first kappa shape index (κ1) is 23.4. The summed E-state index contributed by atoms with van der Waals surface area (Å²) in [5, 5.41) is 6.69. The van der Waals surface area contributed by atoms with Crippen molar-refractivity contribution in [3.8, 4) is 11.3 Å². The zero-order valence-corrected chi connectivity index (χ0v) is 19.4. The molecule has 1 aliphatic heterocycles. The number of carbonyl (C=O) groups is 2. The summed E-state index contributed by atoms with van der Waals surface area (Å²) in [5.41, 5.74) is 0.224. The normalized spacial score (nSPS) is 24.7. The highest BCUT2D eigenvalue weighted by molar-refractivity contribution is 5.94. The van der Waals surface area contributed by atoms with Gasteiger partial charge in [0.25, 0.3) is 5.91 Å². The first-order valence-corrected chi connectivity index (χ1v) is 11.2. The Morgan fingerprint density at radius 3 is 2.58 bits per heavy atom. The van der Waals surface area contributed by atoms with E-state index < -0.39 is 17.5 Å². The fourth-order valence-electron chi connectivity index (χ4n) is 4.98. The fraction of sp³-hybridized carbons (Fsp3) is 0.542. The molecule has 1 aromatic heterocycles. The van der Waals surface area contributed by atoms with Crippen molar-refractivity contribution >= 4 is 11.8 Å². The van der Waals surface area contributed by atoms with E-state index in [9.17, 15) is 18.4 Å². The van der Waals surface area contributed by atoms with Crippen molar-refractivity contribution in [1.29, 1.82) is 0 Å². The van der Waals surface area contributed by atoms with E-state index in [1.54, 1.807) is 19.0 Å². The van der Waals surface area contributed by atoms with E-state index >= 15 is 0 Å². The smallest absolute Gasteiger partial charge is 0.273 e. The van der Waals surface area contributed by atoms with Crippen LogP contribution in [0.3, 0.4) is 0 Å². The zero-order valence-electron chi connectivity index (χ0n) is 19.4. The summed E-state index contributed by atoms with van der Waals surface area (Å²) in [6.07, 6.45) is 2.93. The number of aromatic nitrogens is 1. The van der Waals surface area contributed by atoms with Gasteiger partial charge in [-0.1, -0.05) is 19.0 Å². The minimum Gasteiger partial charge on any atom is -0.355 e. The summed E-state index contributed by atoms with van der Waals surface area (Å²) < 4.78 is 32.4. The van der Waals surface area contributed by atoms with Crippen LogP contribution in [0.2, 0.25) is 0 Å². The van der Waals surface area contributed by atoms with Gasteiger partial charge in [0, 0.05) is 51.4 Å². The Hall–Kier alpha value is -2.81.